The minimum absolute atomic E-state index is 0.0411. The van der Waals surface area contributed by atoms with Gasteiger partial charge in [0.2, 0.25) is 11.8 Å². The molecule has 0 fully saturated rings. The summed E-state index contributed by atoms with van der Waals surface area (Å²) in [6.45, 7) is 4.80. The lowest BCUT2D eigenvalue weighted by Crippen LogP contribution is -2.45. The summed E-state index contributed by atoms with van der Waals surface area (Å²) in [6.07, 6.45) is 3.50. The Hall–Kier alpha value is -5.70. The van der Waals surface area contributed by atoms with Gasteiger partial charge in [-0.05, 0) is 49.6 Å². The number of benzene rings is 2. The van der Waals surface area contributed by atoms with E-state index in [1.807, 2.05) is 37.3 Å². The molecule has 2 aromatic carbocycles. The summed E-state index contributed by atoms with van der Waals surface area (Å²) in [5.74, 6) is -4.37. The molecule has 15 nitrogen and oxygen atoms in total. The van der Waals surface area contributed by atoms with Crippen LogP contribution < -0.4 is 20.9 Å². The van der Waals surface area contributed by atoms with Crippen molar-refractivity contribution < 1.29 is 52.2 Å². The number of methoxy groups -OCH3 is 2. The summed E-state index contributed by atoms with van der Waals surface area (Å²) in [6, 6.07) is 17.0. The smallest absolute Gasteiger partial charge is 0.325 e. The maximum atomic E-state index is 13.4. The number of hydrogen-bond acceptors (Lipinski definition) is 11. The third-order valence-corrected chi connectivity index (χ3v) is 8.49. The lowest BCUT2D eigenvalue weighted by molar-refractivity contribution is -0.145. The second-order valence-electron chi connectivity index (χ2n) is 12.2. The molecule has 3 rings (SSSR count). The molecule has 292 valence electrons. The van der Waals surface area contributed by atoms with Crippen molar-refractivity contribution in [1.29, 1.82) is 0 Å². The molecule has 0 radical (unpaired) electrons. The van der Waals surface area contributed by atoms with Crippen molar-refractivity contribution in [3.8, 4) is 17.1 Å². The number of carbonyl (C=O) groups is 6. The van der Waals surface area contributed by atoms with Crippen LogP contribution in [0.25, 0.3) is 11.3 Å². The van der Waals surface area contributed by atoms with Gasteiger partial charge in [0.25, 0.3) is 11.8 Å². The molecular weight excluding hydrogens is 700 g/mol. The first-order valence-corrected chi connectivity index (χ1v) is 17.9. The Morgan fingerprint density at radius 3 is 2.13 bits per heavy atom. The molecule has 0 unspecified atom stereocenters. The molecule has 0 aliphatic rings. The van der Waals surface area contributed by atoms with E-state index in [0.29, 0.717) is 18.4 Å². The fourth-order valence-corrected chi connectivity index (χ4v) is 5.61. The van der Waals surface area contributed by atoms with E-state index in [1.165, 1.54) is 18.2 Å². The summed E-state index contributed by atoms with van der Waals surface area (Å²) < 4.78 is 20.9. The van der Waals surface area contributed by atoms with Crippen LogP contribution in [0.3, 0.4) is 0 Å². The minimum Gasteiger partial charge on any atom is -0.493 e. The highest BCUT2D eigenvalue weighted by Crippen LogP contribution is 2.30. The van der Waals surface area contributed by atoms with Gasteiger partial charge in [-0.1, -0.05) is 69.5 Å². The van der Waals surface area contributed by atoms with Gasteiger partial charge >= 0.3 is 11.9 Å². The predicted octanol–water partition coefficient (Wildman–Crippen LogP) is 4.41. The summed E-state index contributed by atoms with van der Waals surface area (Å²) in [5.41, 5.74) is 3.94. The molecule has 0 aliphatic heterocycles. The van der Waals surface area contributed by atoms with Crippen molar-refractivity contribution in [2.24, 2.45) is 11.8 Å². The van der Waals surface area contributed by atoms with Gasteiger partial charge in [0.1, 0.15) is 24.6 Å². The Labute approximate surface area is 315 Å². The topological polar surface area (TPSA) is 192 Å². The summed E-state index contributed by atoms with van der Waals surface area (Å²) in [5, 5.41) is 5.36. The SMILES string of the molecule is CCCCC[C@@H](C(=O)NCNC(=O)c1ccc(-c2ccc(C(=O)N(CC(=O)OC)CC(=O)OC)c(OCC)c2)o1)[C@@H](CC)C(=O)NOCc1ccccc1. The molecular formula is C39H50N4O11. The zero-order chi connectivity index (χ0) is 39.5. The number of hydrogen-bond donors (Lipinski definition) is 3. The Kier molecular flexibility index (Phi) is 17.7. The minimum atomic E-state index is -0.729. The van der Waals surface area contributed by atoms with E-state index in [1.54, 1.807) is 19.1 Å². The fourth-order valence-electron chi connectivity index (χ4n) is 5.61. The van der Waals surface area contributed by atoms with Crippen molar-refractivity contribution in [1.82, 2.24) is 21.0 Å². The van der Waals surface area contributed by atoms with Crippen LogP contribution in [0.5, 0.6) is 5.75 Å². The molecule has 15 heteroatoms. The number of carbonyl (C=O) groups excluding carboxylic acids is 6. The van der Waals surface area contributed by atoms with Crippen LogP contribution in [0.1, 0.15) is 79.4 Å². The van der Waals surface area contributed by atoms with Crippen molar-refractivity contribution in [3.05, 3.63) is 77.6 Å². The molecule has 3 N–H and O–H groups in total. The van der Waals surface area contributed by atoms with Crippen molar-refractivity contribution >= 4 is 35.6 Å². The Morgan fingerprint density at radius 1 is 0.796 bits per heavy atom. The van der Waals surface area contributed by atoms with Crippen molar-refractivity contribution in [2.75, 3.05) is 40.6 Å². The van der Waals surface area contributed by atoms with Crippen molar-refractivity contribution in [2.45, 2.75) is 59.5 Å². The number of rotatable bonds is 22. The van der Waals surface area contributed by atoms with Crippen LogP contribution in [0.4, 0.5) is 0 Å². The van der Waals surface area contributed by atoms with Gasteiger partial charge in [0.15, 0.2) is 5.76 Å². The third kappa shape index (κ3) is 12.8. The number of furan rings is 1. The number of ether oxygens (including phenoxy) is 3. The fraction of sp³-hybridized carbons (Fsp3) is 0.436. The highest BCUT2D eigenvalue weighted by molar-refractivity contribution is 6.00. The number of hydroxylamine groups is 1. The van der Waals surface area contributed by atoms with E-state index in [0.717, 1.165) is 43.9 Å². The van der Waals surface area contributed by atoms with Gasteiger partial charge in [-0.2, -0.15) is 0 Å². The molecule has 4 amide bonds. The summed E-state index contributed by atoms with van der Waals surface area (Å²) >= 11 is 0. The normalized spacial score (nSPS) is 11.8. The van der Waals surface area contributed by atoms with Crippen LogP contribution in [0.2, 0.25) is 0 Å². The van der Waals surface area contributed by atoms with E-state index in [2.05, 4.69) is 32.5 Å². The average molecular weight is 751 g/mol. The van der Waals surface area contributed by atoms with Gasteiger partial charge in [-0.25, -0.2) is 5.48 Å². The van der Waals surface area contributed by atoms with Gasteiger partial charge in [0, 0.05) is 11.5 Å². The largest absolute Gasteiger partial charge is 0.493 e. The quantitative estimate of drug-likeness (QED) is 0.0571. The van der Waals surface area contributed by atoms with E-state index in [-0.39, 0.29) is 54.5 Å². The van der Waals surface area contributed by atoms with E-state index in [9.17, 15) is 28.8 Å². The second kappa shape index (κ2) is 22.4. The van der Waals surface area contributed by atoms with Gasteiger partial charge in [-0.3, -0.25) is 33.6 Å². The Bertz CT molecular complexity index is 1690. The average Bonchev–Trinajstić information content (AvgIpc) is 3.68. The van der Waals surface area contributed by atoms with Crippen LogP contribution in [-0.2, 0) is 40.1 Å². The number of nitrogens with zero attached hydrogens (tertiary/aromatic N) is 1. The van der Waals surface area contributed by atoms with Crippen molar-refractivity contribution in [3.63, 3.8) is 0 Å². The maximum absolute atomic E-state index is 13.4. The summed E-state index contributed by atoms with van der Waals surface area (Å²) in [7, 11) is 2.33. The predicted molar refractivity (Wildman–Crippen MR) is 197 cm³/mol. The molecule has 1 heterocycles. The molecule has 0 saturated carbocycles. The molecule has 0 spiro atoms. The first kappa shape index (κ1) is 42.7. The lowest BCUT2D eigenvalue weighted by Gasteiger charge is -2.24. The number of nitrogens with one attached hydrogen (secondary N) is 3. The van der Waals surface area contributed by atoms with Crippen LogP contribution in [0.15, 0.2) is 65.1 Å². The zero-order valence-corrected chi connectivity index (χ0v) is 31.4. The van der Waals surface area contributed by atoms with Crippen LogP contribution in [-0.4, -0.2) is 81.1 Å². The Balaban J connectivity index is 1.66. The Morgan fingerprint density at radius 2 is 1.50 bits per heavy atom. The van der Waals surface area contributed by atoms with E-state index < -0.39 is 48.7 Å². The molecule has 0 saturated heterocycles. The maximum Gasteiger partial charge on any atom is 0.325 e. The first-order valence-electron chi connectivity index (χ1n) is 17.9. The number of unbranched alkanes of at least 4 members (excludes halogenated alkanes) is 2. The second-order valence-corrected chi connectivity index (χ2v) is 12.2. The number of esters is 2. The molecule has 0 aliphatic carbocycles. The number of amides is 4. The van der Waals surface area contributed by atoms with E-state index in [4.69, 9.17) is 14.0 Å². The zero-order valence-electron chi connectivity index (χ0n) is 31.4. The van der Waals surface area contributed by atoms with Gasteiger partial charge < -0.3 is 34.2 Å². The van der Waals surface area contributed by atoms with Gasteiger partial charge in [-0.15, -0.1) is 0 Å². The highest BCUT2D eigenvalue weighted by Gasteiger charge is 2.32. The highest BCUT2D eigenvalue weighted by atomic mass is 16.7. The molecule has 54 heavy (non-hydrogen) atoms. The first-order chi connectivity index (χ1) is 26.1. The summed E-state index contributed by atoms with van der Waals surface area (Å²) in [4.78, 5) is 83.3. The molecule has 0 bridgehead atoms. The van der Waals surface area contributed by atoms with E-state index >= 15 is 0 Å². The molecule has 3 aromatic rings. The monoisotopic (exact) mass is 750 g/mol. The lowest BCUT2D eigenvalue weighted by atomic mass is 9.84. The standard InChI is InChI=1S/C39H50N4O11/c1-6-9-11-16-29(28(7-2)37(47)42-53-24-26-14-12-10-13-15-26)36(46)40-25-41-38(48)32-20-19-31(54-32)27-17-18-30(33(21-27)52-8-3)39(49)43(22-34(44)50-4)23-35(45)51-5/h10,12-15,17-21,28-29H,6-9,11,16,22-25H2,1-5H3,(H,40,46)(H,41,48)(H,42,47)/t28-,29-/m1/s1. The molecule has 1 aromatic heterocycles. The third-order valence-electron chi connectivity index (χ3n) is 8.49. The van der Waals surface area contributed by atoms with Crippen LogP contribution >= 0.6 is 0 Å². The van der Waals surface area contributed by atoms with Gasteiger partial charge in [0.05, 0.1) is 45.6 Å². The molecule has 2 atom stereocenters. The van der Waals surface area contributed by atoms with Crippen LogP contribution in [0, 0.1) is 11.8 Å².